The molecular formula is C14H18BrNO5. The number of benzene rings is 1. The minimum Gasteiger partial charge on any atom is -0.483 e. The van der Waals surface area contributed by atoms with Crippen molar-refractivity contribution >= 4 is 27.8 Å². The Morgan fingerprint density at radius 3 is 2.71 bits per heavy atom. The number of aliphatic carboxylic acids is 1. The summed E-state index contributed by atoms with van der Waals surface area (Å²) in [6, 6.07) is 4.48. The summed E-state index contributed by atoms with van der Waals surface area (Å²) in [5.74, 6) is -1.07. The van der Waals surface area contributed by atoms with Crippen molar-refractivity contribution in [3.05, 3.63) is 28.2 Å². The van der Waals surface area contributed by atoms with Gasteiger partial charge in [-0.05, 0) is 40.5 Å². The van der Waals surface area contributed by atoms with Gasteiger partial charge in [-0.2, -0.15) is 0 Å². The zero-order chi connectivity index (χ0) is 15.8. The molecule has 0 bridgehead atoms. The number of halogens is 1. The molecule has 1 aromatic rings. The average molecular weight is 360 g/mol. The Morgan fingerprint density at radius 2 is 2.14 bits per heavy atom. The van der Waals surface area contributed by atoms with Gasteiger partial charge in [0, 0.05) is 20.1 Å². The van der Waals surface area contributed by atoms with Gasteiger partial charge in [0.05, 0.1) is 4.47 Å². The average Bonchev–Trinajstić information content (AvgIpc) is 2.42. The minimum absolute atomic E-state index is 0.200. The second-order valence-electron chi connectivity index (χ2n) is 4.46. The first-order chi connectivity index (χ1) is 9.93. The number of rotatable bonds is 8. The minimum atomic E-state index is -1.10. The molecule has 2 N–H and O–H groups in total. The number of aryl methyl sites for hydroxylation is 1. The summed E-state index contributed by atoms with van der Waals surface area (Å²) >= 11 is 3.34. The summed E-state index contributed by atoms with van der Waals surface area (Å²) in [4.78, 5) is 22.7. The van der Waals surface area contributed by atoms with Gasteiger partial charge >= 0.3 is 5.97 Å². The van der Waals surface area contributed by atoms with Gasteiger partial charge in [-0.1, -0.05) is 6.07 Å². The van der Waals surface area contributed by atoms with Crippen molar-refractivity contribution in [1.29, 1.82) is 0 Å². The number of amides is 1. The smallest absolute Gasteiger partial charge is 0.326 e. The fraction of sp³-hybridized carbons (Fsp3) is 0.429. The molecule has 0 heterocycles. The molecule has 0 saturated carbocycles. The predicted molar refractivity (Wildman–Crippen MR) is 80.4 cm³/mol. The van der Waals surface area contributed by atoms with Gasteiger partial charge in [0.25, 0.3) is 5.91 Å². The fourth-order valence-electron chi connectivity index (χ4n) is 1.60. The van der Waals surface area contributed by atoms with E-state index in [1.807, 2.05) is 19.1 Å². The molecule has 1 aromatic carbocycles. The highest BCUT2D eigenvalue weighted by molar-refractivity contribution is 9.10. The number of hydrogen-bond donors (Lipinski definition) is 2. The van der Waals surface area contributed by atoms with Gasteiger partial charge in [0.15, 0.2) is 6.61 Å². The lowest BCUT2D eigenvalue weighted by atomic mass is 10.2. The third-order valence-electron chi connectivity index (χ3n) is 2.69. The van der Waals surface area contributed by atoms with Crippen LogP contribution in [0, 0.1) is 6.92 Å². The van der Waals surface area contributed by atoms with Crippen LogP contribution in [0.15, 0.2) is 22.7 Å². The third kappa shape index (κ3) is 6.14. The Balaban J connectivity index is 2.50. The maximum atomic E-state index is 11.7. The second kappa shape index (κ2) is 8.63. The molecule has 1 rings (SSSR count). The van der Waals surface area contributed by atoms with E-state index in [-0.39, 0.29) is 19.6 Å². The Bertz CT molecular complexity index is 506. The molecule has 0 aliphatic carbocycles. The molecule has 0 aromatic heterocycles. The molecule has 21 heavy (non-hydrogen) atoms. The molecule has 0 radical (unpaired) electrons. The highest BCUT2D eigenvalue weighted by atomic mass is 79.9. The van der Waals surface area contributed by atoms with Crippen LogP contribution in [0.1, 0.15) is 12.0 Å². The number of hydrogen-bond acceptors (Lipinski definition) is 4. The fourth-order valence-corrected chi connectivity index (χ4v) is 2.20. The molecule has 1 unspecified atom stereocenters. The number of carbonyl (C=O) groups excluding carboxylic acids is 1. The summed E-state index contributed by atoms with van der Waals surface area (Å²) in [6.07, 6.45) is 0.200. The van der Waals surface area contributed by atoms with E-state index < -0.39 is 17.9 Å². The largest absolute Gasteiger partial charge is 0.483 e. The van der Waals surface area contributed by atoms with Crippen molar-refractivity contribution in [2.75, 3.05) is 20.3 Å². The molecule has 0 aliphatic rings. The number of ether oxygens (including phenoxy) is 2. The Hall–Kier alpha value is -1.60. The van der Waals surface area contributed by atoms with E-state index in [4.69, 9.17) is 14.6 Å². The van der Waals surface area contributed by atoms with Crippen LogP contribution in [0.25, 0.3) is 0 Å². The van der Waals surface area contributed by atoms with E-state index in [9.17, 15) is 9.59 Å². The Kier molecular flexibility index (Phi) is 7.18. The monoisotopic (exact) mass is 359 g/mol. The van der Waals surface area contributed by atoms with Gasteiger partial charge < -0.3 is 19.9 Å². The summed E-state index contributed by atoms with van der Waals surface area (Å²) in [5, 5.41) is 11.4. The molecule has 6 nitrogen and oxygen atoms in total. The van der Waals surface area contributed by atoms with Crippen LogP contribution in [0.3, 0.4) is 0 Å². The normalized spacial score (nSPS) is 11.8. The lowest BCUT2D eigenvalue weighted by molar-refractivity contribution is -0.142. The molecule has 0 saturated heterocycles. The van der Waals surface area contributed by atoms with E-state index in [0.717, 1.165) is 10.0 Å². The van der Waals surface area contributed by atoms with Crippen LogP contribution in [0.4, 0.5) is 0 Å². The number of carboxylic acids is 1. The molecule has 116 valence electrons. The lowest BCUT2D eigenvalue weighted by Gasteiger charge is -2.14. The van der Waals surface area contributed by atoms with Gasteiger partial charge in [-0.15, -0.1) is 0 Å². The SMILES string of the molecule is COCCC(NC(=O)COc1ccc(C)cc1Br)C(=O)O. The second-order valence-corrected chi connectivity index (χ2v) is 5.32. The number of carboxylic acid groups (broad SMARTS) is 1. The first-order valence-corrected chi connectivity index (χ1v) is 7.13. The summed E-state index contributed by atoms with van der Waals surface area (Å²) in [6.45, 7) is 1.94. The Labute approximate surface area is 131 Å². The van der Waals surface area contributed by atoms with Crippen molar-refractivity contribution in [3.63, 3.8) is 0 Å². The zero-order valence-corrected chi connectivity index (χ0v) is 13.5. The van der Waals surface area contributed by atoms with E-state index >= 15 is 0 Å². The number of methoxy groups -OCH3 is 1. The molecule has 0 fully saturated rings. The van der Waals surface area contributed by atoms with Gasteiger partial charge in [0.2, 0.25) is 0 Å². The van der Waals surface area contributed by atoms with Crippen molar-refractivity contribution < 1.29 is 24.2 Å². The van der Waals surface area contributed by atoms with E-state index in [0.29, 0.717) is 5.75 Å². The van der Waals surface area contributed by atoms with Gasteiger partial charge in [0.1, 0.15) is 11.8 Å². The van der Waals surface area contributed by atoms with Crippen molar-refractivity contribution in [3.8, 4) is 5.75 Å². The van der Waals surface area contributed by atoms with Gasteiger partial charge in [-0.25, -0.2) is 4.79 Å². The van der Waals surface area contributed by atoms with Crippen molar-refractivity contribution in [1.82, 2.24) is 5.32 Å². The molecular weight excluding hydrogens is 342 g/mol. The summed E-state index contributed by atoms with van der Waals surface area (Å²) in [7, 11) is 1.47. The summed E-state index contributed by atoms with van der Waals surface area (Å²) < 4.78 is 10.9. The highest BCUT2D eigenvalue weighted by Gasteiger charge is 2.19. The zero-order valence-electron chi connectivity index (χ0n) is 11.9. The number of carbonyl (C=O) groups is 2. The summed E-state index contributed by atoms with van der Waals surface area (Å²) in [5.41, 5.74) is 1.06. The quantitative estimate of drug-likeness (QED) is 0.738. The third-order valence-corrected chi connectivity index (χ3v) is 3.31. The van der Waals surface area contributed by atoms with Crippen LogP contribution in [0.2, 0.25) is 0 Å². The van der Waals surface area contributed by atoms with E-state index in [2.05, 4.69) is 21.2 Å². The van der Waals surface area contributed by atoms with Crippen LogP contribution in [-0.4, -0.2) is 43.3 Å². The number of nitrogens with one attached hydrogen (secondary N) is 1. The molecule has 0 aliphatic heterocycles. The van der Waals surface area contributed by atoms with Crippen molar-refractivity contribution in [2.45, 2.75) is 19.4 Å². The van der Waals surface area contributed by atoms with E-state index in [1.165, 1.54) is 7.11 Å². The van der Waals surface area contributed by atoms with Crippen LogP contribution < -0.4 is 10.1 Å². The molecule has 0 spiro atoms. The molecule has 1 atom stereocenters. The Morgan fingerprint density at radius 1 is 1.43 bits per heavy atom. The van der Waals surface area contributed by atoms with Crippen molar-refractivity contribution in [2.24, 2.45) is 0 Å². The first kappa shape index (κ1) is 17.5. The maximum Gasteiger partial charge on any atom is 0.326 e. The maximum absolute atomic E-state index is 11.7. The van der Waals surface area contributed by atoms with Crippen LogP contribution >= 0.6 is 15.9 Å². The van der Waals surface area contributed by atoms with Crippen LogP contribution in [0.5, 0.6) is 5.75 Å². The topological polar surface area (TPSA) is 84.9 Å². The van der Waals surface area contributed by atoms with Crippen LogP contribution in [-0.2, 0) is 14.3 Å². The lowest BCUT2D eigenvalue weighted by Crippen LogP contribution is -2.43. The highest BCUT2D eigenvalue weighted by Crippen LogP contribution is 2.25. The van der Waals surface area contributed by atoms with Gasteiger partial charge in [-0.3, -0.25) is 4.79 Å². The molecule has 1 amide bonds. The molecule has 7 heteroatoms. The predicted octanol–water partition coefficient (Wildman–Crippen LogP) is 1.74. The first-order valence-electron chi connectivity index (χ1n) is 6.34. The standard InChI is InChI=1S/C14H18BrNO5/c1-9-3-4-12(10(15)7-9)21-8-13(17)16-11(14(18)19)5-6-20-2/h3-4,7,11H,5-6,8H2,1-2H3,(H,16,17)(H,18,19). The van der Waals surface area contributed by atoms with E-state index in [1.54, 1.807) is 6.07 Å².